The van der Waals surface area contributed by atoms with Crippen LogP contribution in [0.3, 0.4) is 0 Å². The number of imidazole rings is 1. The molecule has 0 bridgehead atoms. The number of aryl methyl sites for hydroxylation is 1. The number of aromatic nitrogens is 3. The number of hydrogen-bond donors (Lipinski definition) is 0. The second kappa shape index (κ2) is 5.63. The first-order chi connectivity index (χ1) is 14.8. The van der Waals surface area contributed by atoms with Crippen LogP contribution in [-0.4, -0.2) is 20.2 Å². The molecule has 0 radical (unpaired) electrons. The highest BCUT2D eigenvalue weighted by Crippen LogP contribution is 2.46. The van der Waals surface area contributed by atoms with Crippen LogP contribution in [0, 0.1) is 0 Å². The van der Waals surface area contributed by atoms with Crippen LogP contribution < -0.4 is 4.90 Å². The van der Waals surface area contributed by atoms with Crippen LogP contribution in [0.4, 0.5) is 11.6 Å². The summed E-state index contributed by atoms with van der Waals surface area (Å²) in [5.74, 6) is 1.01. The Morgan fingerprint density at radius 1 is 0.867 bits per heavy atom. The zero-order valence-corrected chi connectivity index (χ0v) is 16.7. The summed E-state index contributed by atoms with van der Waals surface area (Å²) in [7, 11) is 2.17. The molecule has 7 rings (SSSR count). The predicted octanol–water partition coefficient (Wildman–Crippen LogP) is 6.00. The lowest BCUT2D eigenvalue weighted by Crippen LogP contribution is -2.27. The summed E-state index contributed by atoms with van der Waals surface area (Å²) in [6, 6.07) is 23.9. The minimum absolute atomic E-state index is 0.272. The van der Waals surface area contributed by atoms with Gasteiger partial charge in [0.1, 0.15) is 0 Å². The van der Waals surface area contributed by atoms with Gasteiger partial charge in [-0.1, -0.05) is 48.6 Å². The van der Waals surface area contributed by atoms with Gasteiger partial charge in [-0.2, -0.15) is 0 Å². The summed E-state index contributed by atoms with van der Waals surface area (Å²) < 4.78 is 4.71. The van der Waals surface area contributed by atoms with Crippen molar-refractivity contribution in [3.63, 3.8) is 0 Å². The first kappa shape index (κ1) is 16.1. The molecule has 4 nitrogen and oxygen atoms in total. The van der Waals surface area contributed by atoms with Crippen molar-refractivity contribution in [2.24, 2.45) is 7.05 Å². The van der Waals surface area contributed by atoms with E-state index in [1.165, 1.54) is 38.7 Å². The van der Waals surface area contributed by atoms with E-state index in [0.29, 0.717) is 0 Å². The van der Waals surface area contributed by atoms with Gasteiger partial charge in [0, 0.05) is 34.7 Å². The number of allylic oxidation sites excluding steroid dienone is 2. The lowest BCUT2D eigenvalue weighted by atomic mass is 10.0. The Balaban J connectivity index is 1.64. The number of nitrogens with zero attached hydrogens (tertiary/aromatic N) is 4. The number of rotatable bonds is 1. The molecule has 0 saturated carbocycles. The number of hydrogen-bond acceptors (Lipinski definition) is 2. The fourth-order valence-corrected chi connectivity index (χ4v) is 5.31. The van der Waals surface area contributed by atoms with Gasteiger partial charge >= 0.3 is 0 Å². The van der Waals surface area contributed by atoms with Gasteiger partial charge in [0.15, 0.2) is 0 Å². The molecule has 1 unspecified atom stereocenters. The van der Waals surface area contributed by atoms with Crippen LogP contribution in [0.2, 0.25) is 0 Å². The van der Waals surface area contributed by atoms with Crippen molar-refractivity contribution in [2.45, 2.75) is 12.5 Å². The molecule has 0 N–H and O–H groups in total. The highest BCUT2D eigenvalue weighted by atomic mass is 15.4. The molecule has 2 aromatic heterocycles. The van der Waals surface area contributed by atoms with E-state index in [2.05, 4.69) is 106 Å². The molecular weight excluding hydrogens is 368 g/mol. The topological polar surface area (TPSA) is 26.0 Å². The van der Waals surface area contributed by atoms with E-state index >= 15 is 0 Å². The third kappa shape index (κ3) is 1.88. The molecule has 4 heteroatoms. The van der Waals surface area contributed by atoms with Crippen LogP contribution in [0.25, 0.3) is 38.5 Å². The molecule has 3 heterocycles. The molecule has 0 spiro atoms. The minimum Gasteiger partial charge on any atom is -0.342 e. The van der Waals surface area contributed by atoms with Crippen LogP contribution in [0.5, 0.6) is 0 Å². The van der Waals surface area contributed by atoms with E-state index in [1.807, 2.05) is 0 Å². The molecule has 0 saturated heterocycles. The molecule has 1 aliphatic carbocycles. The first-order valence-electron chi connectivity index (χ1n) is 10.4. The molecule has 2 aliphatic rings. The zero-order valence-electron chi connectivity index (χ0n) is 16.7. The summed E-state index contributed by atoms with van der Waals surface area (Å²) in [4.78, 5) is 7.54. The van der Waals surface area contributed by atoms with Gasteiger partial charge in [-0.3, -0.25) is 4.57 Å². The maximum atomic E-state index is 5.14. The normalized spacial score (nSPS) is 17.7. The summed E-state index contributed by atoms with van der Waals surface area (Å²) in [6.07, 6.45) is 7.67. The summed E-state index contributed by atoms with van der Waals surface area (Å²) in [5, 5.41) is 2.57. The highest BCUT2D eigenvalue weighted by molar-refractivity contribution is 6.17. The lowest BCUT2D eigenvalue weighted by molar-refractivity contribution is 0.819. The van der Waals surface area contributed by atoms with E-state index in [4.69, 9.17) is 4.98 Å². The van der Waals surface area contributed by atoms with E-state index in [0.717, 1.165) is 17.9 Å². The largest absolute Gasteiger partial charge is 0.342 e. The van der Waals surface area contributed by atoms with Crippen molar-refractivity contribution in [3.8, 4) is 0 Å². The number of anilines is 2. The second-order valence-corrected chi connectivity index (χ2v) is 8.13. The zero-order chi connectivity index (χ0) is 19.8. The van der Waals surface area contributed by atoms with Crippen molar-refractivity contribution in [3.05, 3.63) is 85.0 Å². The Morgan fingerprint density at radius 3 is 2.60 bits per heavy atom. The lowest BCUT2D eigenvalue weighted by Gasteiger charge is -2.26. The molecule has 1 atom stereocenters. The minimum atomic E-state index is 0.272. The molecule has 3 aromatic carbocycles. The summed E-state index contributed by atoms with van der Waals surface area (Å²) in [5.41, 5.74) is 7.23. The molecule has 30 heavy (non-hydrogen) atoms. The standard InChI is InChI=1S/C26H20N4/c1-28-21-12-6-5-11-18(21)19-15-16-20-25(24(19)28)30-23-14-8-7-13-22(23)29(26(30)27-20)17-9-3-2-4-10-17/h2-12,14-16,22H,13H2,1H3. The molecule has 1 aliphatic heterocycles. The average Bonchev–Trinajstić information content (AvgIpc) is 3.42. The number of fused-ring (bicyclic) bond motifs is 9. The van der Waals surface area contributed by atoms with Gasteiger partial charge in [0.25, 0.3) is 0 Å². The Bertz CT molecular complexity index is 1530. The van der Waals surface area contributed by atoms with Crippen molar-refractivity contribution in [1.29, 1.82) is 0 Å². The van der Waals surface area contributed by atoms with Crippen LogP contribution in [0.15, 0.2) is 85.0 Å². The number of para-hydroxylation sites is 2. The highest BCUT2D eigenvalue weighted by Gasteiger charge is 2.38. The third-order valence-corrected chi connectivity index (χ3v) is 6.59. The molecule has 0 amide bonds. The van der Waals surface area contributed by atoms with Gasteiger partial charge in [0.05, 0.1) is 22.6 Å². The number of benzene rings is 3. The monoisotopic (exact) mass is 388 g/mol. The van der Waals surface area contributed by atoms with E-state index in [1.54, 1.807) is 0 Å². The molecular formula is C26H20N4. The Kier molecular flexibility index (Phi) is 3.02. The van der Waals surface area contributed by atoms with Gasteiger partial charge < -0.3 is 9.47 Å². The maximum absolute atomic E-state index is 5.14. The van der Waals surface area contributed by atoms with Crippen molar-refractivity contribution in [1.82, 2.24) is 14.1 Å². The van der Waals surface area contributed by atoms with Crippen LogP contribution in [-0.2, 0) is 7.05 Å². The first-order valence-corrected chi connectivity index (χ1v) is 10.4. The van der Waals surface area contributed by atoms with E-state index in [9.17, 15) is 0 Å². The third-order valence-electron chi connectivity index (χ3n) is 6.59. The quantitative estimate of drug-likeness (QED) is 0.352. The average molecular weight is 388 g/mol. The van der Waals surface area contributed by atoms with Crippen molar-refractivity contribution < 1.29 is 0 Å². The van der Waals surface area contributed by atoms with Gasteiger partial charge in [0.2, 0.25) is 5.95 Å². The molecule has 144 valence electrons. The fraction of sp³-hybridized carbons (Fsp3) is 0.115. The molecule has 0 fully saturated rings. The van der Waals surface area contributed by atoms with E-state index in [-0.39, 0.29) is 6.04 Å². The van der Waals surface area contributed by atoms with Gasteiger partial charge in [-0.15, -0.1) is 0 Å². The van der Waals surface area contributed by atoms with Gasteiger partial charge in [-0.25, -0.2) is 4.98 Å². The van der Waals surface area contributed by atoms with Crippen molar-refractivity contribution in [2.75, 3.05) is 4.90 Å². The Labute approximate surface area is 174 Å². The van der Waals surface area contributed by atoms with Crippen LogP contribution >= 0.6 is 0 Å². The Morgan fingerprint density at radius 2 is 1.70 bits per heavy atom. The SMILES string of the molecule is Cn1c2ccccc2c2ccc3nc4n(c3c21)C1=CC=CCC1N4c1ccccc1. The fourth-order valence-electron chi connectivity index (χ4n) is 5.31. The maximum Gasteiger partial charge on any atom is 0.216 e. The summed E-state index contributed by atoms with van der Waals surface area (Å²) in [6.45, 7) is 0. The van der Waals surface area contributed by atoms with E-state index < -0.39 is 0 Å². The predicted molar refractivity (Wildman–Crippen MR) is 124 cm³/mol. The summed E-state index contributed by atoms with van der Waals surface area (Å²) >= 11 is 0. The van der Waals surface area contributed by atoms with Gasteiger partial charge in [-0.05, 0) is 42.8 Å². The Hall–Kier alpha value is -3.79. The smallest absolute Gasteiger partial charge is 0.216 e. The molecule has 5 aromatic rings. The van der Waals surface area contributed by atoms with Crippen molar-refractivity contribution >= 4 is 50.2 Å². The second-order valence-electron chi connectivity index (χ2n) is 8.13. The van der Waals surface area contributed by atoms with Crippen LogP contribution in [0.1, 0.15) is 6.42 Å².